The summed E-state index contributed by atoms with van der Waals surface area (Å²) in [4.78, 5) is 27.3. The van der Waals surface area contributed by atoms with E-state index in [0.717, 1.165) is 4.68 Å². The number of nitrogens with one attached hydrogen (secondary N) is 1. The minimum Gasteiger partial charge on any atom is -0.476 e. The Labute approximate surface area is 149 Å². The topological polar surface area (TPSA) is 123 Å². The van der Waals surface area contributed by atoms with Crippen LogP contribution in [0, 0.1) is 5.41 Å². The van der Waals surface area contributed by atoms with Crippen molar-refractivity contribution in [2.24, 2.45) is 5.41 Å². The molecule has 0 atom stereocenters. The Hall–Kier alpha value is -3.23. The highest BCUT2D eigenvalue weighted by Gasteiger charge is 2.17. The molecule has 0 fully saturated rings. The molecule has 3 rings (SSSR count). The second-order valence-corrected chi connectivity index (χ2v) is 7.18. The summed E-state index contributed by atoms with van der Waals surface area (Å²) in [6.45, 7) is 6.17. The van der Waals surface area contributed by atoms with Crippen LogP contribution in [0.15, 0.2) is 28.8 Å². The zero-order valence-corrected chi connectivity index (χ0v) is 14.7. The number of rotatable bonds is 5. The molecule has 9 heteroatoms. The van der Waals surface area contributed by atoms with Gasteiger partial charge in [-0.05, 0) is 23.6 Å². The van der Waals surface area contributed by atoms with Gasteiger partial charge in [-0.15, -0.1) is 5.10 Å². The molecule has 136 valence electrons. The first-order valence-electron chi connectivity index (χ1n) is 8.02. The molecule has 0 spiro atoms. The number of amides is 1. The lowest BCUT2D eigenvalue weighted by atomic mass is 9.92. The maximum atomic E-state index is 12.1. The molecule has 0 saturated heterocycles. The van der Waals surface area contributed by atoms with Gasteiger partial charge in [0.2, 0.25) is 5.91 Å². The van der Waals surface area contributed by atoms with Crippen molar-refractivity contribution in [2.45, 2.75) is 33.7 Å². The lowest BCUT2D eigenvalue weighted by Crippen LogP contribution is -2.19. The van der Waals surface area contributed by atoms with Crippen LogP contribution in [-0.4, -0.2) is 37.0 Å². The highest BCUT2D eigenvalue weighted by molar-refractivity contribution is 5.92. The van der Waals surface area contributed by atoms with E-state index in [0.29, 0.717) is 29.1 Å². The van der Waals surface area contributed by atoms with Crippen LogP contribution in [0.3, 0.4) is 0 Å². The van der Waals surface area contributed by atoms with Crippen molar-refractivity contribution in [3.05, 3.63) is 36.0 Å². The number of anilines is 1. The van der Waals surface area contributed by atoms with Crippen LogP contribution in [0.2, 0.25) is 0 Å². The Balaban J connectivity index is 1.69. The second-order valence-electron chi connectivity index (χ2n) is 7.18. The third-order valence-electron chi connectivity index (χ3n) is 3.46. The standard InChI is InChI=1S/C17H19N5O4/c1-17(2,3)7-15-19-11-6-10(4-5-13(11)26-15)18-14(23)9-22-8-12(16(24)25)20-21-22/h4-6,8H,7,9H2,1-3H3,(H,18,23)(H,24,25). The fourth-order valence-electron chi connectivity index (χ4n) is 2.40. The molecule has 0 aliphatic heterocycles. The molecule has 0 aliphatic carbocycles. The summed E-state index contributed by atoms with van der Waals surface area (Å²) in [5.74, 6) is -0.899. The van der Waals surface area contributed by atoms with Gasteiger partial charge in [0.1, 0.15) is 12.1 Å². The number of aromatic nitrogens is 4. The molecule has 2 heterocycles. The van der Waals surface area contributed by atoms with E-state index in [1.807, 2.05) is 0 Å². The van der Waals surface area contributed by atoms with Crippen molar-refractivity contribution in [1.82, 2.24) is 20.0 Å². The van der Waals surface area contributed by atoms with Gasteiger partial charge in [-0.2, -0.15) is 0 Å². The van der Waals surface area contributed by atoms with Gasteiger partial charge >= 0.3 is 5.97 Å². The van der Waals surface area contributed by atoms with E-state index in [2.05, 4.69) is 41.4 Å². The number of carbonyl (C=O) groups is 2. The van der Waals surface area contributed by atoms with E-state index in [1.54, 1.807) is 18.2 Å². The summed E-state index contributed by atoms with van der Waals surface area (Å²) >= 11 is 0. The largest absolute Gasteiger partial charge is 0.476 e. The molecule has 0 unspecified atom stereocenters. The Morgan fingerprint density at radius 1 is 1.31 bits per heavy atom. The number of oxazole rings is 1. The Morgan fingerprint density at radius 3 is 2.73 bits per heavy atom. The van der Waals surface area contributed by atoms with Crippen molar-refractivity contribution < 1.29 is 19.1 Å². The van der Waals surface area contributed by atoms with Crippen LogP contribution in [0.25, 0.3) is 11.1 Å². The van der Waals surface area contributed by atoms with Gasteiger partial charge in [0.05, 0.1) is 6.20 Å². The predicted octanol–water partition coefficient (Wildman–Crippen LogP) is 2.34. The number of carboxylic acids is 1. The van der Waals surface area contributed by atoms with E-state index < -0.39 is 5.97 Å². The molecule has 0 aliphatic rings. The van der Waals surface area contributed by atoms with Gasteiger partial charge < -0.3 is 14.8 Å². The normalized spacial score (nSPS) is 11.7. The van der Waals surface area contributed by atoms with E-state index >= 15 is 0 Å². The number of nitrogens with zero attached hydrogens (tertiary/aromatic N) is 4. The number of benzene rings is 1. The highest BCUT2D eigenvalue weighted by atomic mass is 16.4. The number of carboxylic acid groups (broad SMARTS) is 1. The molecular weight excluding hydrogens is 338 g/mol. The Bertz CT molecular complexity index is 967. The summed E-state index contributed by atoms with van der Waals surface area (Å²) in [7, 11) is 0. The van der Waals surface area contributed by atoms with Gasteiger partial charge in [0.25, 0.3) is 0 Å². The average molecular weight is 357 g/mol. The van der Waals surface area contributed by atoms with Crippen molar-refractivity contribution in [3.8, 4) is 0 Å². The van der Waals surface area contributed by atoms with Crippen molar-refractivity contribution in [1.29, 1.82) is 0 Å². The molecular formula is C17H19N5O4. The van der Waals surface area contributed by atoms with Crippen LogP contribution in [-0.2, 0) is 17.8 Å². The molecule has 0 saturated carbocycles. The molecule has 26 heavy (non-hydrogen) atoms. The predicted molar refractivity (Wildman–Crippen MR) is 92.8 cm³/mol. The van der Waals surface area contributed by atoms with Crippen LogP contribution in [0.1, 0.15) is 37.2 Å². The molecule has 3 aromatic rings. The molecule has 1 aromatic carbocycles. The maximum absolute atomic E-state index is 12.1. The van der Waals surface area contributed by atoms with Gasteiger partial charge in [0.15, 0.2) is 17.2 Å². The van der Waals surface area contributed by atoms with Gasteiger partial charge in [-0.1, -0.05) is 26.0 Å². The SMILES string of the molecule is CC(C)(C)Cc1nc2cc(NC(=O)Cn3cc(C(=O)O)nn3)ccc2o1. The lowest BCUT2D eigenvalue weighted by molar-refractivity contribution is -0.116. The van der Waals surface area contributed by atoms with E-state index in [-0.39, 0.29) is 23.6 Å². The molecule has 2 aromatic heterocycles. The van der Waals surface area contributed by atoms with Crippen molar-refractivity contribution >= 4 is 28.7 Å². The van der Waals surface area contributed by atoms with Crippen LogP contribution < -0.4 is 5.32 Å². The first kappa shape index (κ1) is 17.6. The van der Waals surface area contributed by atoms with E-state index in [1.165, 1.54) is 6.20 Å². The van der Waals surface area contributed by atoms with Gasteiger partial charge in [-0.3, -0.25) is 4.79 Å². The number of hydrogen-bond acceptors (Lipinski definition) is 6. The average Bonchev–Trinajstić information content (AvgIpc) is 3.11. The van der Waals surface area contributed by atoms with Crippen LogP contribution >= 0.6 is 0 Å². The summed E-state index contributed by atoms with van der Waals surface area (Å²) < 4.78 is 6.88. The summed E-state index contributed by atoms with van der Waals surface area (Å²) in [5.41, 5.74) is 1.73. The molecule has 0 radical (unpaired) electrons. The maximum Gasteiger partial charge on any atom is 0.358 e. The monoisotopic (exact) mass is 357 g/mol. The van der Waals surface area contributed by atoms with Crippen molar-refractivity contribution in [3.63, 3.8) is 0 Å². The smallest absolute Gasteiger partial charge is 0.358 e. The first-order valence-corrected chi connectivity index (χ1v) is 8.02. The number of carbonyl (C=O) groups excluding carboxylic acids is 1. The second kappa shape index (κ2) is 6.58. The number of hydrogen-bond donors (Lipinski definition) is 2. The summed E-state index contributed by atoms with van der Waals surface area (Å²) in [5, 5.41) is 18.6. The third-order valence-corrected chi connectivity index (χ3v) is 3.46. The quantitative estimate of drug-likeness (QED) is 0.718. The first-order chi connectivity index (χ1) is 12.2. The zero-order chi connectivity index (χ0) is 18.9. The fourth-order valence-corrected chi connectivity index (χ4v) is 2.40. The van der Waals surface area contributed by atoms with E-state index in [4.69, 9.17) is 9.52 Å². The van der Waals surface area contributed by atoms with Crippen LogP contribution in [0.4, 0.5) is 5.69 Å². The highest BCUT2D eigenvalue weighted by Crippen LogP contribution is 2.25. The fraction of sp³-hybridized carbons (Fsp3) is 0.353. The lowest BCUT2D eigenvalue weighted by Gasteiger charge is -2.14. The molecule has 0 bridgehead atoms. The van der Waals surface area contributed by atoms with Crippen molar-refractivity contribution in [2.75, 3.05) is 5.32 Å². The summed E-state index contributed by atoms with van der Waals surface area (Å²) in [6, 6.07) is 5.20. The molecule has 9 nitrogen and oxygen atoms in total. The van der Waals surface area contributed by atoms with Gasteiger partial charge in [0, 0.05) is 12.1 Å². The van der Waals surface area contributed by atoms with E-state index in [9.17, 15) is 9.59 Å². The van der Waals surface area contributed by atoms with Gasteiger partial charge in [-0.25, -0.2) is 14.5 Å². The molecule has 1 amide bonds. The minimum absolute atomic E-state index is 0.0600. The number of aromatic carboxylic acids is 1. The third kappa shape index (κ3) is 4.24. The Morgan fingerprint density at radius 2 is 2.08 bits per heavy atom. The number of fused-ring (bicyclic) bond motifs is 1. The Kier molecular flexibility index (Phi) is 4.45. The minimum atomic E-state index is -1.20. The summed E-state index contributed by atoms with van der Waals surface area (Å²) in [6.07, 6.45) is 1.91. The molecule has 2 N–H and O–H groups in total. The zero-order valence-electron chi connectivity index (χ0n) is 14.7. The van der Waals surface area contributed by atoms with Crippen LogP contribution in [0.5, 0.6) is 0 Å².